The first-order valence-corrected chi connectivity index (χ1v) is 6.04. The Balaban J connectivity index is 2.12. The number of ether oxygens (including phenoxy) is 1. The van der Waals surface area contributed by atoms with E-state index in [0.717, 1.165) is 12.1 Å². The number of nitrogens with one attached hydrogen (secondary N) is 2. The minimum atomic E-state index is 0.0181. The first kappa shape index (κ1) is 13.3. The molecule has 0 spiro atoms. The summed E-state index contributed by atoms with van der Waals surface area (Å²) in [5.41, 5.74) is 1.82. The van der Waals surface area contributed by atoms with Crippen molar-refractivity contribution >= 4 is 11.6 Å². The van der Waals surface area contributed by atoms with Crippen molar-refractivity contribution < 1.29 is 9.26 Å². The van der Waals surface area contributed by atoms with Crippen molar-refractivity contribution in [1.29, 1.82) is 10.8 Å². The molecule has 2 atom stereocenters. The SMILES string of the molecule is COC(=N)/C(=C\N(C)C)C(=N)C1CC1c1ccon1. The van der Waals surface area contributed by atoms with Crippen LogP contribution < -0.4 is 0 Å². The van der Waals surface area contributed by atoms with Gasteiger partial charge in [-0.05, 0) is 6.42 Å². The summed E-state index contributed by atoms with van der Waals surface area (Å²) in [6.07, 6.45) is 4.15. The van der Waals surface area contributed by atoms with Crippen LogP contribution in [-0.2, 0) is 4.74 Å². The van der Waals surface area contributed by atoms with Crippen molar-refractivity contribution in [3.8, 4) is 0 Å². The Hall–Kier alpha value is -2.11. The van der Waals surface area contributed by atoms with Gasteiger partial charge in [0.2, 0.25) is 5.90 Å². The summed E-state index contributed by atoms with van der Waals surface area (Å²) in [4.78, 5) is 1.81. The summed E-state index contributed by atoms with van der Waals surface area (Å²) in [5, 5.41) is 19.9. The zero-order chi connectivity index (χ0) is 14.0. The third kappa shape index (κ3) is 2.83. The Labute approximate surface area is 112 Å². The van der Waals surface area contributed by atoms with Crippen molar-refractivity contribution in [3.63, 3.8) is 0 Å². The Morgan fingerprint density at radius 1 is 1.53 bits per heavy atom. The van der Waals surface area contributed by atoms with Crippen LogP contribution in [0.2, 0.25) is 0 Å². The van der Waals surface area contributed by atoms with Crippen molar-refractivity contribution in [3.05, 3.63) is 29.8 Å². The highest BCUT2D eigenvalue weighted by atomic mass is 16.5. The van der Waals surface area contributed by atoms with Crippen molar-refractivity contribution in [2.45, 2.75) is 12.3 Å². The lowest BCUT2D eigenvalue weighted by atomic mass is 10.0. The molecule has 0 bridgehead atoms. The highest BCUT2D eigenvalue weighted by Gasteiger charge is 2.44. The number of aromatic nitrogens is 1. The molecule has 0 aromatic carbocycles. The first-order valence-electron chi connectivity index (χ1n) is 6.04. The smallest absolute Gasteiger partial charge is 0.216 e. The van der Waals surface area contributed by atoms with E-state index in [4.69, 9.17) is 20.1 Å². The van der Waals surface area contributed by atoms with E-state index in [1.165, 1.54) is 7.11 Å². The zero-order valence-corrected chi connectivity index (χ0v) is 11.3. The molecule has 102 valence electrons. The molecule has 1 saturated carbocycles. The molecule has 1 heterocycles. The van der Waals surface area contributed by atoms with Gasteiger partial charge in [0.25, 0.3) is 0 Å². The molecule has 19 heavy (non-hydrogen) atoms. The molecule has 6 heteroatoms. The molecule has 1 aromatic heterocycles. The molecule has 0 radical (unpaired) electrons. The van der Waals surface area contributed by atoms with Crippen LogP contribution in [0.15, 0.2) is 28.6 Å². The summed E-state index contributed by atoms with van der Waals surface area (Å²) in [5.74, 6) is 0.331. The lowest BCUT2D eigenvalue weighted by molar-refractivity contribution is 0.400. The lowest BCUT2D eigenvalue weighted by Gasteiger charge is -2.13. The third-order valence-electron chi connectivity index (χ3n) is 3.13. The molecular formula is C13H18N4O2. The van der Waals surface area contributed by atoms with Gasteiger partial charge in [-0.2, -0.15) is 0 Å². The van der Waals surface area contributed by atoms with Crippen LogP contribution in [0.4, 0.5) is 0 Å². The number of rotatable bonds is 5. The van der Waals surface area contributed by atoms with Gasteiger partial charge in [-0.1, -0.05) is 5.16 Å². The second kappa shape index (κ2) is 5.26. The van der Waals surface area contributed by atoms with E-state index < -0.39 is 0 Å². The molecule has 1 aliphatic rings. The predicted octanol–water partition coefficient (Wildman–Crippen LogP) is 1.87. The number of hydrogen-bond donors (Lipinski definition) is 2. The first-order chi connectivity index (χ1) is 9.04. The molecule has 1 aromatic rings. The molecule has 6 nitrogen and oxygen atoms in total. The van der Waals surface area contributed by atoms with Crippen LogP contribution in [0.5, 0.6) is 0 Å². The standard InChI is InChI=1S/C13H18N4O2/c1-17(2)7-10(13(15)18-3)12(14)9-6-8(9)11-4-5-19-16-11/h4-5,7-9,14-15H,6H2,1-3H3/b10-7-,14-12?,15-13?. The van der Waals surface area contributed by atoms with E-state index in [0.29, 0.717) is 11.3 Å². The topological polar surface area (TPSA) is 86.2 Å². The van der Waals surface area contributed by atoms with Crippen LogP contribution in [0.1, 0.15) is 18.0 Å². The molecule has 0 aliphatic heterocycles. The van der Waals surface area contributed by atoms with Gasteiger partial charge >= 0.3 is 0 Å². The molecule has 1 aliphatic carbocycles. The fourth-order valence-corrected chi connectivity index (χ4v) is 2.07. The maximum atomic E-state index is 8.25. The van der Waals surface area contributed by atoms with Gasteiger partial charge in [0, 0.05) is 43.9 Å². The monoisotopic (exact) mass is 262 g/mol. The average molecular weight is 262 g/mol. The molecule has 2 rings (SSSR count). The van der Waals surface area contributed by atoms with Crippen LogP contribution in [0.3, 0.4) is 0 Å². The fourth-order valence-electron chi connectivity index (χ4n) is 2.07. The maximum Gasteiger partial charge on any atom is 0.216 e. The zero-order valence-electron chi connectivity index (χ0n) is 11.3. The lowest BCUT2D eigenvalue weighted by Crippen LogP contribution is -2.19. The Morgan fingerprint density at radius 2 is 2.26 bits per heavy atom. The van der Waals surface area contributed by atoms with Gasteiger partial charge in [0.1, 0.15) is 6.26 Å². The van der Waals surface area contributed by atoms with Crippen molar-refractivity contribution in [2.24, 2.45) is 5.92 Å². The molecule has 0 amide bonds. The minimum absolute atomic E-state index is 0.0181. The van der Waals surface area contributed by atoms with Crippen LogP contribution >= 0.6 is 0 Å². The number of hydrogen-bond acceptors (Lipinski definition) is 6. The second-order valence-electron chi connectivity index (χ2n) is 4.83. The summed E-state index contributed by atoms with van der Waals surface area (Å²) < 4.78 is 9.78. The Morgan fingerprint density at radius 3 is 2.79 bits per heavy atom. The quantitative estimate of drug-likeness (QED) is 0.626. The maximum absolute atomic E-state index is 8.25. The van der Waals surface area contributed by atoms with Crippen LogP contribution in [0, 0.1) is 16.7 Å². The van der Waals surface area contributed by atoms with Gasteiger partial charge in [-0.15, -0.1) is 0 Å². The molecule has 0 saturated heterocycles. The highest BCUT2D eigenvalue weighted by Crippen LogP contribution is 2.48. The predicted molar refractivity (Wildman–Crippen MR) is 71.6 cm³/mol. The van der Waals surface area contributed by atoms with Gasteiger partial charge in [-0.3, -0.25) is 5.41 Å². The third-order valence-corrected chi connectivity index (χ3v) is 3.13. The average Bonchev–Trinajstić information content (AvgIpc) is 3.00. The van der Waals surface area contributed by atoms with Crippen molar-refractivity contribution in [1.82, 2.24) is 10.1 Å². The van der Waals surface area contributed by atoms with Crippen molar-refractivity contribution in [2.75, 3.05) is 21.2 Å². The van der Waals surface area contributed by atoms with E-state index in [2.05, 4.69) is 5.16 Å². The van der Waals surface area contributed by atoms with E-state index >= 15 is 0 Å². The van der Waals surface area contributed by atoms with Gasteiger partial charge < -0.3 is 19.6 Å². The Bertz CT molecular complexity index is 505. The Kier molecular flexibility index (Phi) is 3.69. The van der Waals surface area contributed by atoms with Crippen LogP contribution in [0.25, 0.3) is 0 Å². The number of methoxy groups -OCH3 is 1. The fraction of sp³-hybridized carbons (Fsp3) is 0.462. The number of nitrogens with zero attached hydrogens (tertiary/aromatic N) is 2. The van der Waals surface area contributed by atoms with Gasteiger partial charge in [0.05, 0.1) is 18.4 Å². The highest BCUT2D eigenvalue weighted by molar-refractivity contribution is 6.21. The summed E-state index contributed by atoms with van der Waals surface area (Å²) in [6, 6.07) is 1.83. The van der Waals surface area contributed by atoms with E-state index in [9.17, 15) is 0 Å². The largest absolute Gasteiger partial charge is 0.481 e. The van der Waals surface area contributed by atoms with Crippen LogP contribution in [-0.4, -0.2) is 42.9 Å². The van der Waals surface area contributed by atoms with E-state index in [-0.39, 0.29) is 17.7 Å². The minimum Gasteiger partial charge on any atom is -0.481 e. The van der Waals surface area contributed by atoms with Gasteiger partial charge in [0.15, 0.2) is 0 Å². The summed E-state index contributed by atoms with van der Waals surface area (Å²) >= 11 is 0. The second-order valence-corrected chi connectivity index (χ2v) is 4.83. The molecular weight excluding hydrogens is 244 g/mol. The normalized spacial score (nSPS) is 21.9. The molecule has 1 fully saturated rings. The van der Waals surface area contributed by atoms with E-state index in [1.54, 1.807) is 12.5 Å². The summed E-state index contributed by atoms with van der Waals surface area (Å²) in [6.45, 7) is 0. The molecule has 2 unspecified atom stereocenters. The van der Waals surface area contributed by atoms with E-state index in [1.807, 2.05) is 25.1 Å². The van der Waals surface area contributed by atoms with Gasteiger partial charge in [-0.25, -0.2) is 0 Å². The summed E-state index contributed by atoms with van der Waals surface area (Å²) in [7, 11) is 5.16. The molecule has 2 N–H and O–H groups in total.